The summed E-state index contributed by atoms with van der Waals surface area (Å²) in [5.41, 5.74) is 4.53. The molecule has 1 aromatic carbocycles. The van der Waals surface area contributed by atoms with E-state index in [9.17, 15) is 0 Å². The first-order valence-electron chi connectivity index (χ1n) is 3.94. The maximum absolute atomic E-state index is 3.29. The lowest BCUT2D eigenvalue weighted by atomic mass is 10.3. The minimum atomic E-state index is 1.10. The lowest BCUT2D eigenvalue weighted by molar-refractivity contribution is 0.787. The Balaban J connectivity index is 2.16. The molecular weight excluding hydrogens is 136 g/mol. The van der Waals surface area contributed by atoms with Gasteiger partial charge < -0.3 is 5.01 Å². The summed E-state index contributed by atoms with van der Waals surface area (Å²) in [5, 5.41) is 2.17. The Hall–Kier alpha value is -1.02. The van der Waals surface area contributed by atoms with E-state index >= 15 is 0 Å². The van der Waals surface area contributed by atoms with Crippen LogP contribution < -0.4 is 10.4 Å². The summed E-state index contributed by atoms with van der Waals surface area (Å²) >= 11 is 0. The molecule has 0 atom stereocenters. The van der Waals surface area contributed by atoms with E-state index in [4.69, 9.17) is 0 Å². The Kier molecular flexibility index (Phi) is 1.78. The third kappa shape index (κ3) is 1.35. The maximum Gasteiger partial charge on any atom is 0.0520 e. The highest BCUT2D eigenvalue weighted by Gasteiger charge is 2.09. The summed E-state index contributed by atoms with van der Waals surface area (Å²) in [7, 11) is 0. The average molecular weight is 147 g/mol. The van der Waals surface area contributed by atoms with Crippen molar-refractivity contribution in [1.82, 2.24) is 5.43 Å². The number of rotatable bonds is 1. The van der Waals surface area contributed by atoms with E-state index < -0.39 is 0 Å². The second kappa shape index (κ2) is 2.93. The number of hydrogen-bond donors (Lipinski definition) is 1. The van der Waals surface area contributed by atoms with Crippen LogP contribution in [-0.2, 0) is 0 Å². The highest BCUT2D eigenvalue weighted by molar-refractivity contribution is 5.44. The van der Waals surface area contributed by atoms with E-state index in [0.29, 0.717) is 0 Å². The normalized spacial score (nSPS) is 17.3. The van der Waals surface area contributed by atoms with Crippen LogP contribution in [0.4, 0.5) is 5.69 Å². The number of hydrogen-bond acceptors (Lipinski definition) is 2. The lowest BCUT2D eigenvalue weighted by Crippen LogP contribution is -2.30. The largest absolute Gasteiger partial charge is 0.308 e. The zero-order valence-corrected chi connectivity index (χ0v) is 6.38. The van der Waals surface area contributed by atoms with E-state index in [2.05, 4.69) is 28.6 Å². The predicted octanol–water partition coefficient (Wildman–Crippen LogP) is 1.20. The Labute approximate surface area is 66.8 Å². The van der Waals surface area contributed by atoms with Gasteiger partial charge in [0.05, 0.1) is 5.69 Å². The number of nitrogens with zero attached hydrogens (tertiary/aromatic N) is 1. The third-order valence-electron chi connectivity index (χ3n) is 1.87. The van der Waals surface area contributed by atoms with Crippen LogP contribution >= 0.6 is 0 Å². The third-order valence-corrected chi connectivity index (χ3v) is 1.87. The highest BCUT2D eigenvalue weighted by atomic mass is 15.5. The predicted molar refractivity (Wildman–Crippen MR) is 45.2 cm³/mol. The van der Waals surface area contributed by atoms with Crippen molar-refractivity contribution in [2.45, 2.75) is 6.42 Å². The smallest absolute Gasteiger partial charge is 0.0520 e. The van der Waals surface area contributed by atoms with Gasteiger partial charge in [0.1, 0.15) is 0 Å². The first-order valence-corrected chi connectivity index (χ1v) is 3.94. The van der Waals surface area contributed by atoms with Gasteiger partial charge in [0, 0.05) is 13.1 Å². The lowest BCUT2D eigenvalue weighted by Gasteiger charge is -2.16. The molecule has 1 saturated heterocycles. The van der Waals surface area contributed by atoms with Gasteiger partial charge in [-0.25, -0.2) is 5.43 Å². The van der Waals surface area contributed by atoms with Crippen LogP contribution in [0.5, 0.6) is 0 Å². The Bertz CT molecular complexity index is 214. The summed E-state index contributed by atoms with van der Waals surface area (Å²) in [6.07, 6.45) is 1.23. The summed E-state index contributed by atoms with van der Waals surface area (Å²) in [6, 6.07) is 11.0. The standard InChI is InChI=1S/C9H11N2/c1-2-5-9(6-3-1)11-8-4-7-10-11/h2-3,5-6,10H,4,7-8H2. The minimum Gasteiger partial charge on any atom is -0.308 e. The van der Waals surface area contributed by atoms with Gasteiger partial charge >= 0.3 is 0 Å². The molecule has 1 N–H and O–H groups in total. The number of nitrogens with one attached hydrogen (secondary N) is 1. The Morgan fingerprint density at radius 2 is 2.18 bits per heavy atom. The fourth-order valence-electron chi connectivity index (χ4n) is 1.31. The van der Waals surface area contributed by atoms with Gasteiger partial charge in [0.15, 0.2) is 0 Å². The van der Waals surface area contributed by atoms with Crippen LogP contribution in [0.2, 0.25) is 0 Å². The maximum atomic E-state index is 3.29. The molecular formula is C9H11N2. The van der Waals surface area contributed by atoms with E-state index in [0.717, 1.165) is 13.1 Å². The molecule has 0 bridgehead atoms. The van der Waals surface area contributed by atoms with Crippen LogP contribution in [-0.4, -0.2) is 13.1 Å². The molecule has 0 unspecified atom stereocenters. The second-order valence-electron chi connectivity index (χ2n) is 2.67. The van der Waals surface area contributed by atoms with Crippen molar-refractivity contribution in [3.05, 3.63) is 30.3 Å². The number of hydrazine groups is 1. The Morgan fingerprint density at radius 3 is 2.82 bits per heavy atom. The number of benzene rings is 1. The number of anilines is 1. The average Bonchev–Trinajstić information content (AvgIpc) is 2.58. The summed E-state index contributed by atoms with van der Waals surface area (Å²) in [4.78, 5) is 0. The van der Waals surface area contributed by atoms with Gasteiger partial charge in [-0.1, -0.05) is 12.1 Å². The van der Waals surface area contributed by atoms with Crippen molar-refractivity contribution in [2.24, 2.45) is 0 Å². The molecule has 2 rings (SSSR count). The molecule has 0 saturated carbocycles. The first-order chi connectivity index (χ1) is 5.47. The molecule has 11 heavy (non-hydrogen) atoms. The van der Waals surface area contributed by atoms with Crippen molar-refractivity contribution >= 4 is 5.69 Å². The summed E-state index contributed by atoms with van der Waals surface area (Å²) in [5.74, 6) is 0. The van der Waals surface area contributed by atoms with Crippen molar-refractivity contribution in [3.63, 3.8) is 0 Å². The van der Waals surface area contributed by atoms with Crippen molar-refractivity contribution in [1.29, 1.82) is 0 Å². The van der Waals surface area contributed by atoms with Gasteiger partial charge in [0.25, 0.3) is 0 Å². The molecule has 57 valence electrons. The van der Waals surface area contributed by atoms with E-state index in [-0.39, 0.29) is 0 Å². The van der Waals surface area contributed by atoms with Crippen LogP contribution in [0.15, 0.2) is 24.3 Å². The summed E-state index contributed by atoms with van der Waals surface area (Å²) in [6.45, 7) is 2.21. The molecule has 2 heteroatoms. The van der Waals surface area contributed by atoms with Gasteiger partial charge in [-0.05, 0) is 24.6 Å². The molecule has 1 aliphatic rings. The van der Waals surface area contributed by atoms with Crippen LogP contribution in [0.25, 0.3) is 0 Å². The fourth-order valence-corrected chi connectivity index (χ4v) is 1.31. The van der Waals surface area contributed by atoms with E-state index in [1.165, 1.54) is 12.1 Å². The zero-order chi connectivity index (χ0) is 7.52. The monoisotopic (exact) mass is 147 g/mol. The second-order valence-corrected chi connectivity index (χ2v) is 2.67. The van der Waals surface area contributed by atoms with Crippen molar-refractivity contribution < 1.29 is 0 Å². The van der Waals surface area contributed by atoms with E-state index in [1.54, 1.807) is 0 Å². The summed E-state index contributed by atoms with van der Waals surface area (Å²) < 4.78 is 0. The quantitative estimate of drug-likeness (QED) is 0.642. The molecule has 0 aliphatic carbocycles. The molecule has 2 nitrogen and oxygen atoms in total. The van der Waals surface area contributed by atoms with Crippen LogP contribution in [0.1, 0.15) is 6.42 Å². The van der Waals surface area contributed by atoms with Crippen LogP contribution in [0.3, 0.4) is 0 Å². The Morgan fingerprint density at radius 1 is 1.36 bits per heavy atom. The van der Waals surface area contributed by atoms with Crippen molar-refractivity contribution in [2.75, 3.05) is 18.1 Å². The molecule has 0 aromatic heterocycles. The van der Waals surface area contributed by atoms with Gasteiger partial charge in [0.2, 0.25) is 0 Å². The van der Waals surface area contributed by atoms with E-state index in [1.807, 2.05) is 12.1 Å². The van der Waals surface area contributed by atoms with Crippen LogP contribution in [0, 0.1) is 6.07 Å². The zero-order valence-electron chi connectivity index (χ0n) is 6.38. The van der Waals surface area contributed by atoms with Crippen molar-refractivity contribution in [3.8, 4) is 0 Å². The molecule has 1 aromatic rings. The molecule has 1 aliphatic heterocycles. The molecule has 0 amide bonds. The minimum absolute atomic E-state index is 1.10. The molecule has 1 fully saturated rings. The SMILES string of the molecule is [c]1ccc(N2CCCN2)cc1. The van der Waals surface area contributed by atoms with Gasteiger partial charge in [-0.15, -0.1) is 0 Å². The molecule has 0 spiro atoms. The topological polar surface area (TPSA) is 15.3 Å². The fraction of sp³-hybridized carbons (Fsp3) is 0.333. The van der Waals surface area contributed by atoms with Gasteiger partial charge in [-0.2, -0.15) is 0 Å². The molecule has 1 radical (unpaired) electrons. The van der Waals surface area contributed by atoms with Gasteiger partial charge in [-0.3, -0.25) is 0 Å². The highest BCUT2D eigenvalue weighted by Crippen LogP contribution is 2.12. The molecule has 1 heterocycles. The first kappa shape index (κ1) is 6.68.